The number of ketones is 1. The molecule has 30 heavy (non-hydrogen) atoms. The highest BCUT2D eigenvalue weighted by atomic mass is 16.5. The molecule has 162 valence electrons. The molecule has 0 aliphatic carbocycles. The Bertz CT molecular complexity index is 1030. The molecule has 3 rings (SSSR count). The number of nitrogens with one attached hydrogen (secondary N) is 1. The maximum Gasteiger partial charge on any atom is 0.332 e. The minimum Gasteiger partial charge on any atom is -0.497 e. The van der Waals surface area contributed by atoms with Gasteiger partial charge in [-0.05, 0) is 18.6 Å². The van der Waals surface area contributed by atoms with E-state index >= 15 is 0 Å². The molecule has 1 fully saturated rings. The quantitative estimate of drug-likeness (QED) is 0.569. The summed E-state index contributed by atoms with van der Waals surface area (Å²) in [7, 11) is 3.03. The molecule has 0 spiro atoms. The predicted octanol–water partition coefficient (Wildman–Crippen LogP) is -0.864. The zero-order chi connectivity index (χ0) is 21.8. The van der Waals surface area contributed by atoms with Gasteiger partial charge in [0.25, 0.3) is 5.56 Å². The molecule has 9 heteroatoms. The van der Waals surface area contributed by atoms with Gasteiger partial charge >= 0.3 is 5.69 Å². The van der Waals surface area contributed by atoms with Crippen molar-refractivity contribution in [3.05, 3.63) is 50.7 Å². The standard InChI is InChI=1S/C21H29N5O4/c1-4-8-26-19(22)18(20(28)23(2)21(26)29)17(27)14-24-9-11-25(12-10-24)15-6-5-7-16(13-15)30-3/h5-7,13H,4,8-12,14,22H2,1-3H3/p+1. The van der Waals surface area contributed by atoms with Gasteiger partial charge in [-0.3, -0.25) is 18.7 Å². The summed E-state index contributed by atoms with van der Waals surface area (Å²) >= 11 is 0. The average molecular weight is 417 g/mol. The Balaban J connectivity index is 1.72. The first kappa shape index (κ1) is 21.6. The maximum absolute atomic E-state index is 12.9. The molecular weight excluding hydrogens is 386 g/mol. The van der Waals surface area contributed by atoms with Crippen LogP contribution in [-0.2, 0) is 13.6 Å². The molecular formula is C21H30N5O4+. The highest BCUT2D eigenvalue weighted by Crippen LogP contribution is 2.20. The van der Waals surface area contributed by atoms with Crippen molar-refractivity contribution in [3.8, 4) is 5.75 Å². The van der Waals surface area contributed by atoms with Gasteiger partial charge in [0, 0.05) is 25.3 Å². The molecule has 1 aromatic heterocycles. The van der Waals surface area contributed by atoms with E-state index in [0.29, 0.717) is 13.0 Å². The number of piperazine rings is 1. The number of rotatable bonds is 7. The molecule has 0 saturated carbocycles. The number of hydrogen-bond donors (Lipinski definition) is 2. The number of benzene rings is 1. The number of methoxy groups -OCH3 is 1. The SMILES string of the molecule is CCCn1c(N)c(C(=O)C[NH+]2CCN(c3cccc(OC)c3)CC2)c(=O)n(C)c1=O. The molecule has 2 heterocycles. The molecule has 0 amide bonds. The van der Waals surface area contributed by atoms with E-state index in [0.717, 1.165) is 47.1 Å². The van der Waals surface area contributed by atoms with Crippen LogP contribution in [0.4, 0.5) is 11.5 Å². The normalized spacial score (nSPS) is 14.7. The lowest BCUT2D eigenvalue weighted by Crippen LogP contribution is -3.15. The van der Waals surface area contributed by atoms with Gasteiger partial charge in [0.1, 0.15) is 23.7 Å². The van der Waals surface area contributed by atoms with Crippen molar-refractivity contribution < 1.29 is 14.4 Å². The van der Waals surface area contributed by atoms with Crippen molar-refractivity contribution in [2.45, 2.75) is 19.9 Å². The van der Waals surface area contributed by atoms with E-state index in [4.69, 9.17) is 10.5 Å². The summed E-state index contributed by atoms with van der Waals surface area (Å²) in [5.74, 6) is 0.470. The van der Waals surface area contributed by atoms with E-state index in [2.05, 4.69) is 4.90 Å². The van der Waals surface area contributed by atoms with Gasteiger partial charge in [-0.25, -0.2) is 4.79 Å². The number of nitrogens with zero attached hydrogens (tertiary/aromatic N) is 3. The molecule has 0 radical (unpaired) electrons. The average Bonchev–Trinajstić information content (AvgIpc) is 2.76. The van der Waals surface area contributed by atoms with Gasteiger partial charge in [-0.1, -0.05) is 13.0 Å². The number of hydrogen-bond acceptors (Lipinski definition) is 6. The molecule has 1 aliphatic heterocycles. The number of quaternary nitrogens is 1. The topological polar surface area (TPSA) is 104 Å². The minimum absolute atomic E-state index is 0.0237. The van der Waals surface area contributed by atoms with Gasteiger partial charge < -0.3 is 20.3 Å². The third-order valence-corrected chi connectivity index (χ3v) is 5.61. The third kappa shape index (κ3) is 4.25. The number of carbonyl (C=O) groups is 1. The molecule has 1 saturated heterocycles. The first-order valence-electron chi connectivity index (χ1n) is 10.2. The first-order chi connectivity index (χ1) is 14.4. The summed E-state index contributed by atoms with van der Waals surface area (Å²) < 4.78 is 7.57. The zero-order valence-corrected chi connectivity index (χ0v) is 17.8. The Morgan fingerprint density at radius 3 is 2.57 bits per heavy atom. The Hall–Kier alpha value is -3.07. The van der Waals surface area contributed by atoms with Crippen LogP contribution in [0.2, 0.25) is 0 Å². The summed E-state index contributed by atoms with van der Waals surface area (Å²) in [6.07, 6.45) is 0.674. The van der Waals surface area contributed by atoms with Crippen LogP contribution in [-0.4, -0.2) is 54.8 Å². The molecule has 0 atom stereocenters. The lowest BCUT2D eigenvalue weighted by atomic mass is 10.1. The van der Waals surface area contributed by atoms with Crippen LogP contribution < -0.4 is 31.5 Å². The van der Waals surface area contributed by atoms with Crippen molar-refractivity contribution in [1.29, 1.82) is 0 Å². The number of aromatic nitrogens is 2. The fourth-order valence-electron chi connectivity index (χ4n) is 3.87. The summed E-state index contributed by atoms with van der Waals surface area (Å²) in [4.78, 5) is 41.2. The number of ether oxygens (including phenoxy) is 1. The van der Waals surface area contributed by atoms with Crippen LogP contribution in [0.5, 0.6) is 5.75 Å². The lowest BCUT2D eigenvalue weighted by molar-refractivity contribution is -0.892. The van der Waals surface area contributed by atoms with Crippen molar-refractivity contribution >= 4 is 17.3 Å². The van der Waals surface area contributed by atoms with Crippen molar-refractivity contribution in [2.24, 2.45) is 7.05 Å². The van der Waals surface area contributed by atoms with E-state index < -0.39 is 11.2 Å². The third-order valence-electron chi connectivity index (χ3n) is 5.61. The molecule has 2 aromatic rings. The van der Waals surface area contributed by atoms with Crippen LogP contribution in [0.3, 0.4) is 0 Å². The van der Waals surface area contributed by atoms with E-state index in [1.54, 1.807) is 7.11 Å². The van der Waals surface area contributed by atoms with Crippen LogP contribution in [0.1, 0.15) is 23.7 Å². The molecule has 3 N–H and O–H groups in total. The van der Waals surface area contributed by atoms with E-state index in [1.165, 1.54) is 11.6 Å². The van der Waals surface area contributed by atoms with Crippen molar-refractivity contribution in [1.82, 2.24) is 9.13 Å². The number of nitrogens with two attached hydrogens (primary N) is 1. The molecule has 9 nitrogen and oxygen atoms in total. The van der Waals surface area contributed by atoms with Gasteiger partial charge in [0.2, 0.25) is 5.78 Å². The second-order valence-corrected chi connectivity index (χ2v) is 7.60. The summed E-state index contributed by atoms with van der Waals surface area (Å²) in [6.45, 7) is 5.55. The van der Waals surface area contributed by atoms with Gasteiger partial charge in [-0.2, -0.15) is 0 Å². The van der Waals surface area contributed by atoms with Crippen LogP contribution in [0.25, 0.3) is 0 Å². The van der Waals surface area contributed by atoms with Gasteiger partial charge in [0.15, 0.2) is 0 Å². The summed E-state index contributed by atoms with van der Waals surface area (Å²) in [5, 5.41) is 0. The highest BCUT2D eigenvalue weighted by molar-refractivity contribution is 6.00. The fraction of sp³-hybridized carbons (Fsp3) is 0.476. The Kier molecular flexibility index (Phi) is 6.61. The summed E-state index contributed by atoms with van der Waals surface area (Å²) in [6, 6.07) is 7.91. The van der Waals surface area contributed by atoms with Gasteiger partial charge in [-0.15, -0.1) is 0 Å². The molecule has 0 unspecified atom stereocenters. The van der Waals surface area contributed by atoms with Crippen LogP contribution >= 0.6 is 0 Å². The largest absolute Gasteiger partial charge is 0.497 e. The molecule has 1 aromatic carbocycles. The lowest BCUT2D eigenvalue weighted by Gasteiger charge is -2.33. The van der Waals surface area contributed by atoms with E-state index in [-0.39, 0.29) is 23.7 Å². The Morgan fingerprint density at radius 2 is 1.93 bits per heavy atom. The predicted molar refractivity (Wildman–Crippen MR) is 116 cm³/mol. The van der Waals surface area contributed by atoms with Crippen LogP contribution in [0.15, 0.2) is 33.9 Å². The number of anilines is 2. The molecule has 1 aliphatic rings. The maximum atomic E-state index is 12.9. The number of Topliss-reactive ketones (excluding diaryl/α,β-unsaturated/α-hetero) is 1. The Labute approximate surface area is 175 Å². The van der Waals surface area contributed by atoms with Crippen LogP contribution in [0, 0.1) is 0 Å². The second kappa shape index (κ2) is 9.17. The van der Waals surface area contributed by atoms with Gasteiger partial charge in [0.05, 0.1) is 33.3 Å². The zero-order valence-electron chi connectivity index (χ0n) is 17.8. The number of carbonyl (C=O) groups excluding carboxylic acids is 1. The fourth-order valence-corrected chi connectivity index (χ4v) is 3.87. The molecule has 0 bridgehead atoms. The minimum atomic E-state index is -0.621. The summed E-state index contributed by atoms with van der Waals surface area (Å²) in [5.41, 5.74) is 5.97. The Morgan fingerprint density at radius 1 is 1.23 bits per heavy atom. The number of nitrogen functional groups attached to an aromatic ring is 1. The highest BCUT2D eigenvalue weighted by Gasteiger charge is 2.27. The van der Waals surface area contributed by atoms with E-state index in [9.17, 15) is 14.4 Å². The first-order valence-corrected chi connectivity index (χ1v) is 10.2. The monoisotopic (exact) mass is 416 g/mol. The van der Waals surface area contributed by atoms with Crippen molar-refractivity contribution in [2.75, 3.05) is 50.5 Å². The van der Waals surface area contributed by atoms with Crippen molar-refractivity contribution in [3.63, 3.8) is 0 Å². The second-order valence-electron chi connectivity index (χ2n) is 7.60. The van der Waals surface area contributed by atoms with E-state index in [1.807, 2.05) is 31.2 Å². The smallest absolute Gasteiger partial charge is 0.332 e.